The summed E-state index contributed by atoms with van der Waals surface area (Å²) in [5.74, 6) is 0. The molecule has 0 aliphatic heterocycles. The molecule has 1 amide bonds. The molecule has 4 nitrogen and oxygen atoms in total. The summed E-state index contributed by atoms with van der Waals surface area (Å²) in [5.41, 5.74) is 1.93. The summed E-state index contributed by atoms with van der Waals surface area (Å²) in [4.78, 5) is 12.2. The van der Waals surface area contributed by atoms with Crippen molar-refractivity contribution in [2.45, 2.75) is 44.4 Å². The second-order valence-electron chi connectivity index (χ2n) is 6.71. The van der Waals surface area contributed by atoms with Gasteiger partial charge in [-0.25, -0.2) is 4.79 Å². The topological polar surface area (TPSA) is 50.4 Å². The van der Waals surface area contributed by atoms with Gasteiger partial charge in [-0.2, -0.15) is 0 Å². The van der Waals surface area contributed by atoms with Crippen LogP contribution >= 0.6 is 0 Å². The van der Waals surface area contributed by atoms with Gasteiger partial charge < -0.3 is 15.4 Å². The van der Waals surface area contributed by atoms with Gasteiger partial charge >= 0.3 is 6.09 Å². The molecule has 0 spiro atoms. The van der Waals surface area contributed by atoms with E-state index in [1.165, 1.54) is 5.56 Å². The molecule has 0 saturated heterocycles. The minimum atomic E-state index is -0.379. The molecule has 0 aromatic heterocycles. The number of carbonyl (C=O) groups excluding carboxylic acids is 1. The molecule has 2 N–H and O–H groups in total. The summed E-state index contributed by atoms with van der Waals surface area (Å²) in [6, 6.07) is 20.2. The van der Waals surface area contributed by atoms with Crippen molar-refractivity contribution >= 4 is 6.09 Å². The molecule has 1 saturated carbocycles. The van der Waals surface area contributed by atoms with E-state index in [2.05, 4.69) is 22.8 Å². The van der Waals surface area contributed by atoms with Gasteiger partial charge in [0.2, 0.25) is 0 Å². The van der Waals surface area contributed by atoms with Crippen molar-refractivity contribution in [2.24, 2.45) is 0 Å². The normalized spacial score (nSPS) is 15.7. The largest absolute Gasteiger partial charge is 0.442 e. The first-order chi connectivity index (χ1) is 12.3. The van der Waals surface area contributed by atoms with Crippen LogP contribution < -0.4 is 10.6 Å². The Morgan fingerprint density at radius 2 is 1.44 bits per heavy atom. The summed E-state index contributed by atoms with van der Waals surface area (Å²) in [6.07, 6.45) is 3.74. The highest BCUT2D eigenvalue weighted by Gasteiger charge is 2.37. The fourth-order valence-corrected chi connectivity index (χ4v) is 3.37. The SMILES string of the molecule is O=C(NCc1ccccc1)OC1(CNCc2ccccc2)CCCC1. The van der Waals surface area contributed by atoms with Crippen molar-refractivity contribution in [1.29, 1.82) is 0 Å². The molecule has 1 aliphatic carbocycles. The summed E-state index contributed by atoms with van der Waals surface area (Å²) in [6.45, 7) is 1.98. The lowest BCUT2D eigenvalue weighted by atomic mass is 10.0. The molecule has 1 fully saturated rings. The van der Waals surface area contributed by atoms with E-state index in [0.717, 1.165) is 37.8 Å². The van der Waals surface area contributed by atoms with Gasteiger partial charge in [0.05, 0.1) is 0 Å². The highest BCUT2D eigenvalue weighted by Crippen LogP contribution is 2.33. The zero-order valence-electron chi connectivity index (χ0n) is 14.5. The molecular formula is C21H26N2O2. The fraction of sp³-hybridized carbons (Fsp3) is 0.381. The van der Waals surface area contributed by atoms with E-state index in [4.69, 9.17) is 4.74 Å². The second-order valence-corrected chi connectivity index (χ2v) is 6.71. The van der Waals surface area contributed by atoms with Gasteiger partial charge in [0.1, 0.15) is 5.60 Å². The Morgan fingerprint density at radius 3 is 2.04 bits per heavy atom. The van der Waals surface area contributed by atoms with E-state index >= 15 is 0 Å². The third-order valence-electron chi connectivity index (χ3n) is 4.72. The van der Waals surface area contributed by atoms with Crippen LogP contribution in [0.3, 0.4) is 0 Å². The van der Waals surface area contributed by atoms with E-state index in [1.807, 2.05) is 48.5 Å². The third kappa shape index (κ3) is 5.33. The lowest BCUT2D eigenvalue weighted by Gasteiger charge is -2.29. The maximum absolute atomic E-state index is 12.2. The van der Waals surface area contributed by atoms with Gasteiger partial charge in [-0.15, -0.1) is 0 Å². The average molecular weight is 338 g/mol. The molecular weight excluding hydrogens is 312 g/mol. The minimum absolute atomic E-state index is 0.327. The van der Waals surface area contributed by atoms with Crippen LogP contribution in [0, 0.1) is 0 Å². The number of benzene rings is 2. The Morgan fingerprint density at radius 1 is 0.880 bits per heavy atom. The van der Waals surface area contributed by atoms with Crippen molar-refractivity contribution < 1.29 is 9.53 Å². The van der Waals surface area contributed by atoms with Crippen LogP contribution in [-0.4, -0.2) is 18.2 Å². The van der Waals surface area contributed by atoms with Gasteiger partial charge in [0.15, 0.2) is 0 Å². The van der Waals surface area contributed by atoms with Gasteiger partial charge in [-0.3, -0.25) is 0 Å². The smallest absolute Gasteiger partial charge is 0.407 e. The zero-order chi connectivity index (χ0) is 17.4. The van der Waals surface area contributed by atoms with Crippen LogP contribution in [0.2, 0.25) is 0 Å². The number of amides is 1. The van der Waals surface area contributed by atoms with E-state index in [0.29, 0.717) is 13.1 Å². The van der Waals surface area contributed by atoms with Crippen molar-refractivity contribution in [3.05, 3.63) is 71.8 Å². The minimum Gasteiger partial charge on any atom is -0.442 e. The van der Waals surface area contributed by atoms with Crippen molar-refractivity contribution in [1.82, 2.24) is 10.6 Å². The van der Waals surface area contributed by atoms with Crippen LogP contribution in [0.4, 0.5) is 4.79 Å². The second kappa shape index (κ2) is 8.67. The highest BCUT2D eigenvalue weighted by molar-refractivity contribution is 5.67. The lowest BCUT2D eigenvalue weighted by Crippen LogP contribution is -2.44. The summed E-state index contributed by atoms with van der Waals surface area (Å²) >= 11 is 0. The average Bonchev–Trinajstić information content (AvgIpc) is 3.10. The van der Waals surface area contributed by atoms with Gasteiger partial charge in [-0.05, 0) is 36.8 Å². The van der Waals surface area contributed by atoms with Crippen LogP contribution in [0.5, 0.6) is 0 Å². The van der Waals surface area contributed by atoms with Gasteiger partial charge in [0, 0.05) is 19.6 Å². The predicted molar refractivity (Wildman–Crippen MR) is 99.1 cm³/mol. The quantitative estimate of drug-likeness (QED) is 0.802. The number of alkyl carbamates (subject to hydrolysis) is 1. The number of hydrogen-bond acceptors (Lipinski definition) is 3. The molecule has 0 unspecified atom stereocenters. The monoisotopic (exact) mass is 338 g/mol. The van der Waals surface area contributed by atoms with Crippen LogP contribution in [-0.2, 0) is 17.8 Å². The molecule has 1 aliphatic rings. The number of carbonyl (C=O) groups is 1. The van der Waals surface area contributed by atoms with E-state index < -0.39 is 0 Å². The first-order valence-corrected chi connectivity index (χ1v) is 9.01. The molecule has 0 radical (unpaired) electrons. The zero-order valence-corrected chi connectivity index (χ0v) is 14.5. The molecule has 0 heterocycles. The highest BCUT2D eigenvalue weighted by atomic mass is 16.6. The molecule has 25 heavy (non-hydrogen) atoms. The summed E-state index contributed by atoms with van der Waals surface area (Å²) in [7, 11) is 0. The van der Waals surface area contributed by atoms with E-state index in [1.54, 1.807) is 0 Å². The molecule has 2 aromatic rings. The maximum Gasteiger partial charge on any atom is 0.407 e. The van der Waals surface area contributed by atoms with Crippen molar-refractivity contribution in [3.8, 4) is 0 Å². The number of hydrogen-bond donors (Lipinski definition) is 2. The molecule has 132 valence electrons. The van der Waals surface area contributed by atoms with E-state index in [-0.39, 0.29) is 11.7 Å². The molecule has 3 rings (SSSR count). The van der Waals surface area contributed by atoms with Crippen molar-refractivity contribution in [3.63, 3.8) is 0 Å². The first-order valence-electron chi connectivity index (χ1n) is 9.01. The van der Waals surface area contributed by atoms with Crippen LogP contribution in [0.25, 0.3) is 0 Å². The Kier molecular flexibility index (Phi) is 6.07. The first kappa shape index (κ1) is 17.5. The van der Waals surface area contributed by atoms with Crippen LogP contribution in [0.15, 0.2) is 60.7 Å². The lowest BCUT2D eigenvalue weighted by molar-refractivity contribution is 0.0159. The van der Waals surface area contributed by atoms with Crippen LogP contribution in [0.1, 0.15) is 36.8 Å². The Hall–Kier alpha value is -2.33. The summed E-state index contributed by atoms with van der Waals surface area (Å²) < 4.78 is 5.85. The fourth-order valence-electron chi connectivity index (χ4n) is 3.37. The molecule has 4 heteroatoms. The molecule has 0 bridgehead atoms. The van der Waals surface area contributed by atoms with Crippen molar-refractivity contribution in [2.75, 3.05) is 6.54 Å². The molecule has 0 atom stereocenters. The number of rotatable bonds is 7. The standard InChI is InChI=1S/C21H26N2O2/c24-20(23-16-19-11-5-2-6-12-19)25-21(13-7-8-14-21)17-22-15-18-9-3-1-4-10-18/h1-6,9-12,22H,7-8,13-17H2,(H,23,24). The Bertz CT molecular complexity index is 652. The Balaban J connectivity index is 1.48. The van der Waals surface area contributed by atoms with Gasteiger partial charge in [0.25, 0.3) is 0 Å². The predicted octanol–water partition coefficient (Wildman–Crippen LogP) is 4.02. The number of ether oxygens (including phenoxy) is 1. The van der Waals surface area contributed by atoms with E-state index in [9.17, 15) is 4.79 Å². The third-order valence-corrected chi connectivity index (χ3v) is 4.72. The number of nitrogens with one attached hydrogen (secondary N) is 2. The van der Waals surface area contributed by atoms with Gasteiger partial charge in [-0.1, -0.05) is 60.7 Å². The Labute approximate surface area is 149 Å². The molecule has 2 aromatic carbocycles. The maximum atomic E-state index is 12.2. The summed E-state index contributed by atoms with van der Waals surface area (Å²) in [5, 5.41) is 6.33.